The Kier molecular flexibility index (Phi) is 10.1. The van der Waals surface area contributed by atoms with Gasteiger partial charge in [0.1, 0.15) is 0 Å². The van der Waals surface area contributed by atoms with Crippen molar-refractivity contribution in [1.29, 1.82) is 0 Å². The van der Waals surface area contributed by atoms with E-state index in [2.05, 4.69) is 16.7 Å². The summed E-state index contributed by atoms with van der Waals surface area (Å²) in [5, 5.41) is 0. The molecular weight excluding hydrogens is 180 g/mol. The maximum absolute atomic E-state index is 10.3. The predicted molar refractivity (Wildman–Crippen MR) is 55.7 cm³/mol. The minimum absolute atomic E-state index is 0.382. The molecule has 0 heterocycles. The van der Waals surface area contributed by atoms with Gasteiger partial charge in [-0.2, -0.15) is 4.89 Å². The summed E-state index contributed by atoms with van der Waals surface area (Å²) in [7, 11) is 0. The molecule has 0 saturated carbocycles. The zero-order valence-electron chi connectivity index (χ0n) is 9.38. The summed E-state index contributed by atoms with van der Waals surface area (Å²) < 4.78 is 0. The molecule has 0 atom stereocenters. The molecule has 0 aromatic rings. The third-order valence-corrected chi connectivity index (χ3v) is 2.01. The molecule has 0 aromatic heterocycles. The molecule has 0 spiro atoms. The lowest BCUT2D eigenvalue weighted by Crippen LogP contribution is -2.01. The van der Waals surface area contributed by atoms with E-state index in [1.54, 1.807) is 0 Å². The molecule has 0 aliphatic heterocycles. The van der Waals surface area contributed by atoms with Crippen molar-refractivity contribution < 1.29 is 14.6 Å². The summed E-state index contributed by atoms with van der Waals surface area (Å²) in [6.45, 7) is 4.07. The highest BCUT2D eigenvalue weighted by atomic mass is 17.2. The van der Waals surface area contributed by atoms with E-state index in [-0.39, 0.29) is 5.97 Å². The molecule has 0 radical (unpaired) electrons. The summed E-state index contributed by atoms with van der Waals surface area (Å²) in [4.78, 5) is 19.3. The first kappa shape index (κ1) is 13.4. The average molecular weight is 202 g/mol. The Balaban J connectivity index is 2.88. The van der Waals surface area contributed by atoms with Gasteiger partial charge in [-0.3, -0.25) is 4.89 Å². The number of unbranched alkanes of at least 4 members (excludes halogenated alkanes) is 6. The smallest absolute Gasteiger partial charge is 0.299 e. The Labute approximate surface area is 86.7 Å². The number of hydrogen-bond acceptors (Lipinski definition) is 3. The Hall–Kier alpha value is -0.570. The summed E-state index contributed by atoms with van der Waals surface area (Å²) >= 11 is 0. The van der Waals surface area contributed by atoms with E-state index in [4.69, 9.17) is 0 Å². The number of carbonyl (C=O) groups is 1. The predicted octanol–water partition coefficient (Wildman–Crippen LogP) is 3.23. The van der Waals surface area contributed by atoms with Crippen molar-refractivity contribution in [3.63, 3.8) is 0 Å². The maximum Gasteiger partial charge on any atom is 0.339 e. The van der Waals surface area contributed by atoms with Crippen molar-refractivity contribution in [3.05, 3.63) is 0 Å². The van der Waals surface area contributed by atoms with E-state index >= 15 is 0 Å². The fourth-order valence-corrected chi connectivity index (χ4v) is 1.24. The third-order valence-electron chi connectivity index (χ3n) is 2.01. The van der Waals surface area contributed by atoms with Crippen LogP contribution in [0.5, 0.6) is 0 Å². The number of rotatable bonds is 9. The molecule has 0 aliphatic carbocycles. The van der Waals surface area contributed by atoms with Gasteiger partial charge in [-0.05, 0) is 6.42 Å². The molecule has 0 rings (SSSR count). The largest absolute Gasteiger partial charge is 0.339 e. The van der Waals surface area contributed by atoms with Crippen molar-refractivity contribution in [2.24, 2.45) is 0 Å². The Morgan fingerprint density at radius 1 is 1.00 bits per heavy atom. The SMILES string of the molecule is CCCCCCCCCOOC(C)=O. The van der Waals surface area contributed by atoms with Crippen LogP contribution in [0.4, 0.5) is 0 Å². The highest BCUT2D eigenvalue weighted by molar-refractivity contribution is 5.65. The molecular formula is C11H22O3. The standard InChI is InChI=1S/C11H22O3/c1-3-4-5-6-7-8-9-10-13-14-11(2)12/h3-10H2,1-2H3. The van der Waals surface area contributed by atoms with Crippen LogP contribution in [-0.2, 0) is 14.6 Å². The van der Waals surface area contributed by atoms with E-state index in [0.717, 1.165) is 12.8 Å². The second-order valence-electron chi connectivity index (χ2n) is 3.52. The monoisotopic (exact) mass is 202 g/mol. The molecule has 0 aromatic carbocycles. The van der Waals surface area contributed by atoms with Gasteiger partial charge in [0.2, 0.25) is 0 Å². The quantitative estimate of drug-likeness (QED) is 0.327. The van der Waals surface area contributed by atoms with Crippen LogP contribution in [0.25, 0.3) is 0 Å². The second-order valence-corrected chi connectivity index (χ2v) is 3.52. The van der Waals surface area contributed by atoms with Gasteiger partial charge in [-0.1, -0.05) is 45.4 Å². The zero-order valence-corrected chi connectivity index (χ0v) is 9.38. The van der Waals surface area contributed by atoms with Gasteiger partial charge in [0.05, 0.1) is 6.61 Å². The molecule has 0 unspecified atom stereocenters. The minimum atomic E-state index is -0.382. The van der Waals surface area contributed by atoms with Gasteiger partial charge in [0.25, 0.3) is 0 Å². The van der Waals surface area contributed by atoms with Crippen molar-refractivity contribution in [1.82, 2.24) is 0 Å². The van der Waals surface area contributed by atoms with Gasteiger partial charge in [0.15, 0.2) is 0 Å². The number of carbonyl (C=O) groups excluding carboxylic acids is 1. The van der Waals surface area contributed by atoms with Crippen LogP contribution in [0.1, 0.15) is 58.8 Å². The molecule has 0 saturated heterocycles. The van der Waals surface area contributed by atoms with Crippen molar-refractivity contribution in [3.8, 4) is 0 Å². The lowest BCUT2D eigenvalue weighted by atomic mass is 10.1. The van der Waals surface area contributed by atoms with E-state index < -0.39 is 0 Å². The van der Waals surface area contributed by atoms with Gasteiger partial charge in [-0.15, -0.1) is 0 Å². The first-order chi connectivity index (χ1) is 6.77. The molecule has 0 amide bonds. The van der Waals surface area contributed by atoms with Crippen LogP contribution in [0.15, 0.2) is 0 Å². The zero-order chi connectivity index (χ0) is 10.6. The fraction of sp³-hybridized carbons (Fsp3) is 0.909. The van der Waals surface area contributed by atoms with Crippen LogP contribution in [0.3, 0.4) is 0 Å². The van der Waals surface area contributed by atoms with E-state index in [9.17, 15) is 4.79 Å². The lowest BCUT2D eigenvalue weighted by molar-refractivity contribution is -0.270. The van der Waals surface area contributed by atoms with Crippen LogP contribution in [0, 0.1) is 0 Å². The van der Waals surface area contributed by atoms with Crippen LogP contribution >= 0.6 is 0 Å². The highest BCUT2D eigenvalue weighted by Crippen LogP contribution is 2.06. The normalized spacial score (nSPS) is 10.1. The molecule has 3 heteroatoms. The van der Waals surface area contributed by atoms with Gasteiger partial charge in [0, 0.05) is 6.92 Å². The van der Waals surface area contributed by atoms with Crippen molar-refractivity contribution >= 4 is 5.97 Å². The summed E-state index contributed by atoms with van der Waals surface area (Å²) in [6.07, 6.45) is 8.65. The minimum Gasteiger partial charge on any atom is -0.299 e. The molecule has 3 nitrogen and oxygen atoms in total. The average Bonchev–Trinajstić information content (AvgIpc) is 2.15. The van der Waals surface area contributed by atoms with E-state index in [0.29, 0.717) is 6.61 Å². The maximum atomic E-state index is 10.3. The number of hydrogen-bond donors (Lipinski definition) is 0. The van der Waals surface area contributed by atoms with E-state index in [1.807, 2.05) is 0 Å². The Morgan fingerprint density at radius 2 is 1.57 bits per heavy atom. The highest BCUT2D eigenvalue weighted by Gasteiger charge is 1.94. The Bertz CT molecular complexity index is 134. The summed E-state index contributed by atoms with van der Waals surface area (Å²) in [5.41, 5.74) is 0. The molecule has 0 N–H and O–H groups in total. The fourth-order valence-electron chi connectivity index (χ4n) is 1.24. The van der Waals surface area contributed by atoms with Crippen LogP contribution < -0.4 is 0 Å². The lowest BCUT2D eigenvalue weighted by Gasteiger charge is -2.01. The van der Waals surface area contributed by atoms with Gasteiger partial charge < -0.3 is 0 Å². The molecule has 84 valence electrons. The second kappa shape index (κ2) is 10.5. The first-order valence-corrected chi connectivity index (χ1v) is 5.57. The van der Waals surface area contributed by atoms with Crippen LogP contribution in [0.2, 0.25) is 0 Å². The van der Waals surface area contributed by atoms with Crippen LogP contribution in [-0.4, -0.2) is 12.6 Å². The topological polar surface area (TPSA) is 35.5 Å². The summed E-state index contributed by atoms with van der Waals surface area (Å²) in [5.74, 6) is -0.382. The van der Waals surface area contributed by atoms with Crippen molar-refractivity contribution in [2.75, 3.05) is 6.61 Å². The molecule has 0 fully saturated rings. The van der Waals surface area contributed by atoms with Gasteiger partial charge >= 0.3 is 5.97 Å². The molecule has 0 aliphatic rings. The molecule has 0 bridgehead atoms. The first-order valence-electron chi connectivity index (χ1n) is 5.57. The third kappa shape index (κ3) is 11.4. The van der Waals surface area contributed by atoms with Crippen molar-refractivity contribution in [2.45, 2.75) is 58.8 Å². The Morgan fingerprint density at radius 3 is 2.14 bits per heavy atom. The van der Waals surface area contributed by atoms with Gasteiger partial charge in [-0.25, -0.2) is 4.79 Å². The summed E-state index contributed by atoms with van der Waals surface area (Å²) in [6, 6.07) is 0. The molecule has 14 heavy (non-hydrogen) atoms. The van der Waals surface area contributed by atoms with E-state index in [1.165, 1.54) is 39.0 Å².